The molecule has 3 nitrogen and oxygen atoms in total. The summed E-state index contributed by atoms with van der Waals surface area (Å²) in [6, 6.07) is 8.79. The first-order chi connectivity index (χ1) is 9.51. The van der Waals surface area contributed by atoms with E-state index in [-0.39, 0.29) is 16.1 Å². The minimum Gasteiger partial charge on any atom is -0.322 e. The van der Waals surface area contributed by atoms with Crippen molar-refractivity contribution in [1.29, 1.82) is 5.26 Å². The quantitative estimate of drug-likeness (QED) is 0.916. The molecule has 6 heteroatoms. The predicted octanol–water partition coefficient (Wildman–Crippen LogP) is 3.74. The first-order valence-electron chi connectivity index (χ1n) is 5.47. The molecule has 0 bridgehead atoms. The summed E-state index contributed by atoms with van der Waals surface area (Å²) in [6.45, 7) is 0. The van der Waals surface area contributed by atoms with E-state index >= 15 is 0 Å². The van der Waals surface area contributed by atoms with E-state index in [1.807, 2.05) is 6.07 Å². The van der Waals surface area contributed by atoms with E-state index in [1.165, 1.54) is 18.2 Å². The molecule has 0 fully saturated rings. The zero-order valence-electron chi connectivity index (χ0n) is 9.95. The SMILES string of the molecule is N#Cc1cc(NC(=O)c2ccc(F)cc2F)ccc1Cl. The minimum absolute atomic E-state index is 0.184. The highest BCUT2D eigenvalue weighted by Crippen LogP contribution is 2.20. The Bertz CT molecular complexity index is 726. The molecule has 0 atom stereocenters. The first-order valence-corrected chi connectivity index (χ1v) is 5.85. The third-order valence-corrected chi connectivity index (χ3v) is 2.85. The first kappa shape index (κ1) is 14.0. The van der Waals surface area contributed by atoms with Crippen LogP contribution in [0.5, 0.6) is 0 Å². The number of nitrogens with zero attached hydrogens (tertiary/aromatic N) is 1. The highest BCUT2D eigenvalue weighted by molar-refractivity contribution is 6.31. The van der Waals surface area contributed by atoms with Crippen molar-refractivity contribution in [3.8, 4) is 6.07 Å². The number of hydrogen-bond donors (Lipinski definition) is 1. The molecule has 20 heavy (non-hydrogen) atoms. The summed E-state index contributed by atoms with van der Waals surface area (Å²) in [5.41, 5.74) is 0.184. The number of halogens is 3. The average molecular weight is 293 g/mol. The number of benzene rings is 2. The van der Waals surface area contributed by atoms with E-state index in [0.717, 1.165) is 12.1 Å². The summed E-state index contributed by atoms with van der Waals surface area (Å²) in [5, 5.41) is 11.5. The maximum absolute atomic E-state index is 13.4. The average Bonchev–Trinajstić information content (AvgIpc) is 2.40. The Morgan fingerprint density at radius 2 is 1.95 bits per heavy atom. The molecule has 0 aliphatic carbocycles. The molecule has 0 saturated carbocycles. The second kappa shape index (κ2) is 5.68. The van der Waals surface area contributed by atoms with Crippen LogP contribution in [0.4, 0.5) is 14.5 Å². The third kappa shape index (κ3) is 2.92. The van der Waals surface area contributed by atoms with Crippen LogP contribution in [-0.4, -0.2) is 5.91 Å². The molecule has 0 spiro atoms. The molecule has 1 N–H and O–H groups in total. The standard InChI is InChI=1S/C14H7ClF2N2O/c15-12-4-2-10(5-8(12)7-18)19-14(20)11-3-1-9(16)6-13(11)17/h1-6H,(H,19,20). The van der Waals surface area contributed by atoms with Gasteiger partial charge >= 0.3 is 0 Å². The normalized spacial score (nSPS) is 9.90. The fourth-order valence-electron chi connectivity index (χ4n) is 1.56. The zero-order chi connectivity index (χ0) is 14.7. The number of hydrogen-bond acceptors (Lipinski definition) is 2. The summed E-state index contributed by atoms with van der Waals surface area (Å²) in [5.74, 6) is -2.47. The Balaban J connectivity index is 2.26. The molecule has 0 unspecified atom stereocenters. The number of nitriles is 1. The van der Waals surface area contributed by atoms with Crippen molar-refractivity contribution >= 4 is 23.2 Å². The van der Waals surface area contributed by atoms with Crippen molar-refractivity contribution in [1.82, 2.24) is 0 Å². The minimum atomic E-state index is -0.961. The lowest BCUT2D eigenvalue weighted by molar-refractivity contribution is 0.102. The molecule has 2 aromatic carbocycles. The van der Waals surface area contributed by atoms with Gasteiger partial charge in [-0.15, -0.1) is 0 Å². The van der Waals surface area contributed by atoms with Gasteiger partial charge in [0, 0.05) is 11.8 Å². The van der Waals surface area contributed by atoms with Gasteiger partial charge in [0.15, 0.2) is 0 Å². The van der Waals surface area contributed by atoms with Gasteiger partial charge in [-0.3, -0.25) is 4.79 Å². The van der Waals surface area contributed by atoms with Gasteiger partial charge in [0.1, 0.15) is 17.7 Å². The summed E-state index contributed by atoms with van der Waals surface area (Å²) >= 11 is 5.76. The van der Waals surface area contributed by atoms with E-state index < -0.39 is 17.5 Å². The smallest absolute Gasteiger partial charge is 0.258 e. The Hall–Kier alpha value is -2.45. The lowest BCUT2D eigenvalue weighted by atomic mass is 10.1. The van der Waals surface area contributed by atoms with Crippen LogP contribution in [0.1, 0.15) is 15.9 Å². The maximum Gasteiger partial charge on any atom is 0.258 e. The van der Waals surface area contributed by atoms with Gasteiger partial charge in [-0.05, 0) is 30.3 Å². The van der Waals surface area contributed by atoms with Crippen LogP contribution in [0.15, 0.2) is 36.4 Å². The Morgan fingerprint density at radius 1 is 1.20 bits per heavy atom. The predicted molar refractivity (Wildman–Crippen MR) is 70.5 cm³/mol. The lowest BCUT2D eigenvalue weighted by Gasteiger charge is -2.07. The molecule has 0 radical (unpaired) electrons. The van der Waals surface area contributed by atoms with Crippen LogP contribution >= 0.6 is 11.6 Å². The highest BCUT2D eigenvalue weighted by atomic mass is 35.5. The van der Waals surface area contributed by atoms with Gasteiger partial charge < -0.3 is 5.32 Å². The molecule has 0 aliphatic heterocycles. The van der Waals surface area contributed by atoms with E-state index in [0.29, 0.717) is 11.8 Å². The largest absolute Gasteiger partial charge is 0.322 e. The van der Waals surface area contributed by atoms with Gasteiger partial charge in [-0.1, -0.05) is 11.6 Å². The third-order valence-electron chi connectivity index (χ3n) is 2.52. The van der Waals surface area contributed by atoms with E-state index in [4.69, 9.17) is 16.9 Å². The molecule has 2 aromatic rings. The molecule has 2 rings (SSSR count). The highest BCUT2D eigenvalue weighted by Gasteiger charge is 2.13. The maximum atomic E-state index is 13.4. The monoisotopic (exact) mass is 292 g/mol. The fraction of sp³-hybridized carbons (Fsp3) is 0. The van der Waals surface area contributed by atoms with E-state index in [1.54, 1.807) is 0 Å². The molecule has 0 aromatic heterocycles. The van der Waals surface area contributed by atoms with Gasteiger partial charge in [0.05, 0.1) is 16.1 Å². The Labute approximate surface area is 118 Å². The van der Waals surface area contributed by atoms with Gasteiger partial charge in [-0.2, -0.15) is 5.26 Å². The Morgan fingerprint density at radius 3 is 2.60 bits per heavy atom. The number of carbonyl (C=O) groups excluding carboxylic acids is 1. The van der Waals surface area contributed by atoms with E-state index in [9.17, 15) is 13.6 Å². The molecule has 0 heterocycles. The molecule has 100 valence electrons. The van der Waals surface area contributed by atoms with Crippen molar-refractivity contribution in [3.05, 3.63) is 64.2 Å². The molecule has 1 amide bonds. The second-order valence-electron chi connectivity index (χ2n) is 3.88. The number of anilines is 1. The van der Waals surface area contributed by atoms with Crippen LogP contribution in [0.3, 0.4) is 0 Å². The number of rotatable bonds is 2. The number of carbonyl (C=O) groups is 1. The van der Waals surface area contributed by atoms with Gasteiger partial charge in [-0.25, -0.2) is 8.78 Å². The molecule has 0 aliphatic rings. The van der Waals surface area contributed by atoms with Crippen molar-refractivity contribution < 1.29 is 13.6 Å². The van der Waals surface area contributed by atoms with Crippen molar-refractivity contribution in [2.24, 2.45) is 0 Å². The van der Waals surface area contributed by atoms with Gasteiger partial charge in [0.25, 0.3) is 5.91 Å². The topological polar surface area (TPSA) is 52.9 Å². The van der Waals surface area contributed by atoms with Crippen LogP contribution in [0.25, 0.3) is 0 Å². The van der Waals surface area contributed by atoms with Crippen molar-refractivity contribution in [2.75, 3.05) is 5.32 Å². The summed E-state index contributed by atoms with van der Waals surface area (Å²) in [7, 11) is 0. The molecular formula is C14H7ClF2N2O. The Kier molecular flexibility index (Phi) is 3.97. The summed E-state index contributed by atoms with van der Waals surface area (Å²) in [6.07, 6.45) is 0. The fourth-order valence-corrected chi connectivity index (χ4v) is 1.72. The number of nitrogens with one attached hydrogen (secondary N) is 1. The van der Waals surface area contributed by atoms with Crippen LogP contribution in [0.2, 0.25) is 5.02 Å². The van der Waals surface area contributed by atoms with Gasteiger partial charge in [0.2, 0.25) is 0 Å². The molecular weight excluding hydrogens is 286 g/mol. The lowest BCUT2D eigenvalue weighted by Crippen LogP contribution is -2.14. The van der Waals surface area contributed by atoms with Crippen molar-refractivity contribution in [3.63, 3.8) is 0 Å². The second-order valence-corrected chi connectivity index (χ2v) is 4.29. The van der Waals surface area contributed by atoms with Crippen LogP contribution in [0, 0.1) is 23.0 Å². The van der Waals surface area contributed by atoms with Crippen molar-refractivity contribution in [2.45, 2.75) is 0 Å². The number of amides is 1. The van der Waals surface area contributed by atoms with E-state index in [2.05, 4.69) is 5.32 Å². The molecule has 0 saturated heterocycles. The summed E-state index contributed by atoms with van der Waals surface area (Å²) in [4.78, 5) is 11.8. The zero-order valence-corrected chi connectivity index (χ0v) is 10.7. The summed E-state index contributed by atoms with van der Waals surface area (Å²) < 4.78 is 26.2. The van der Waals surface area contributed by atoms with Crippen LogP contribution in [-0.2, 0) is 0 Å². The van der Waals surface area contributed by atoms with Crippen LogP contribution < -0.4 is 5.32 Å².